The molecule has 1 N–H and O–H groups in total. The molecule has 0 radical (unpaired) electrons. The van der Waals surface area contributed by atoms with Gasteiger partial charge in [-0.15, -0.1) is 0 Å². The number of nitrogens with one attached hydrogen (secondary N) is 1. The lowest BCUT2D eigenvalue weighted by Crippen LogP contribution is -2.11. The van der Waals surface area contributed by atoms with Gasteiger partial charge < -0.3 is 5.32 Å². The van der Waals surface area contributed by atoms with Crippen LogP contribution >= 0.6 is 0 Å². The number of amides is 1. The summed E-state index contributed by atoms with van der Waals surface area (Å²) in [6.07, 6.45) is 0. The number of hydrogen-bond donors (Lipinski definition) is 1. The van der Waals surface area contributed by atoms with Crippen molar-refractivity contribution >= 4 is 11.6 Å². The van der Waals surface area contributed by atoms with Gasteiger partial charge in [0.1, 0.15) is 5.82 Å². The van der Waals surface area contributed by atoms with Gasteiger partial charge in [-0.2, -0.15) is 0 Å². The van der Waals surface area contributed by atoms with E-state index in [9.17, 15) is 9.18 Å². The molecule has 0 aliphatic heterocycles. The van der Waals surface area contributed by atoms with Gasteiger partial charge in [0, 0.05) is 11.3 Å². The van der Waals surface area contributed by atoms with E-state index >= 15 is 0 Å². The minimum Gasteiger partial charge on any atom is -0.322 e. The zero-order valence-corrected chi connectivity index (χ0v) is 9.41. The summed E-state index contributed by atoms with van der Waals surface area (Å²) in [4.78, 5) is 11.8. The largest absolute Gasteiger partial charge is 0.322 e. The van der Waals surface area contributed by atoms with Crippen LogP contribution in [0.15, 0.2) is 48.5 Å². The highest BCUT2D eigenvalue weighted by atomic mass is 19.1. The molecule has 2 aromatic carbocycles. The molecule has 2 nitrogen and oxygen atoms in total. The van der Waals surface area contributed by atoms with E-state index in [0.29, 0.717) is 11.3 Å². The number of hydrogen-bond acceptors (Lipinski definition) is 1. The van der Waals surface area contributed by atoms with E-state index in [1.807, 2.05) is 19.1 Å². The Morgan fingerprint density at radius 1 is 1.12 bits per heavy atom. The summed E-state index contributed by atoms with van der Waals surface area (Å²) >= 11 is 0. The first kappa shape index (κ1) is 11.3. The third-order valence-electron chi connectivity index (χ3n) is 2.36. The molecule has 17 heavy (non-hydrogen) atoms. The average Bonchev–Trinajstić information content (AvgIpc) is 2.29. The second-order valence-corrected chi connectivity index (χ2v) is 3.83. The molecule has 0 fully saturated rings. The van der Waals surface area contributed by atoms with Gasteiger partial charge in [-0.05, 0) is 37.3 Å². The predicted octanol–water partition coefficient (Wildman–Crippen LogP) is 3.39. The third-order valence-corrected chi connectivity index (χ3v) is 2.36. The Hall–Kier alpha value is -2.16. The van der Waals surface area contributed by atoms with Crippen LogP contribution in [0.3, 0.4) is 0 Å². The number of carbonyl (C=O) groups is 1. The number of carbonyl (C=O) groups excluding carboxylic acids is 1. The molecule has 2 rings (SSSR count). The van der Waals surface area contributed by atoms with Crippen molar-refractivity contribution in [2.45, 2.75) is 6.92 Å². The van der Waals surface area contributed by atoms with Crippen molar-refractivity contribution in [1.29, 1.82) is 0 Å². The van der Waals surface area contributed by atoms with Crippen molar-refractivity contribution in [1.82, 2.24) is 0 Å². The van der Waals surface area contributed by atoms with Crippen molar-refractivity contribution in [2.75, 3.05) is 5.32 Å². The maximum absolute atomic E-state index is 12.9. The highest BCUT2D eigenvalue weighted by Crippen LogP contribution is 2.11. The van der Waals surface area contributed by atoms with Gasteiger partial charge in [0.25, 0.3) is 5.91 Å². The summed E-state index contributed by atoms with van der Waals surface area (Å²) < 4.78 is 12.9. The highest BCUT2D eigenvalue weighted by Gasteiger charge is 2.06. The van der Waals surface area contributed by atoms with Crippen LogP contribution in [0.2, 0.25) is 0 Å². The first-order valence-electron chi connectivity index (χ1n) is 5.29. The van der Waals surface area contributed by atoms with Crippen LogP contribution in [0.4, 0.5) is 10.1 Å². The summed E-state index contributed by atoms with van der Waals surface area (Å²) in [5.74, 6) is -0.605. The Labute approximate surface area is 99.1 Å². The summed E-state index contributed by atoms with van der Waals surface area (Å²) in [5.41, 5.74) is 2.03. The van der Waals surface area contributed by atoms with Crippen molar-refractivity contribution < 1.29 is 9.18 Å². The third kappa shape index (κ3) is 2.91. The topological polar surface area (TPSA) is 29.1 Å². The van der Waals surface area contributed by atoms with Crippen LogP contribution in [-0.4, -0.2) is 5.91 Å². The van der Waals surface area contributed by atoms with Gasteiger partial charge in [0.05, 0.1) is 0 Å². The average molecular weight is 229 g/mol. The number of halogens is 1. The molecule has 0 spiro atoms. The molecule has 1 amide bonds. The molecule has 0 atom stereocenters. The van der Waals surface area contributed by atoms with Crippen molar-refractivity contribution in [2.24, 2.45) is 0 Å². The Balaban J connectivity index is 2.17. The number of rotatable bonds is 2. The van der Waals surface area contributed by atoms with E-state index < -0.39 is 0 Å². The molecule has 0 saturated heterocycles. The zero-order valence-electron chi connectivity index (χ0n) is 9.41. The van der Waals surface area contributed by atoms with Gasteiger partial charge in [0.2, 0.25) is 0 Å². The molecule has 0 saturated carbocycles. The maximum atomic E-state index is 12.9. The fraction of sp³-hybridized carbons (Fsp3) is 0.0714. The smallest absolute Gasteiger partial charge is 0.255 e. The van der Waals surface area contributed by atoms with Gasteiger partial charge in [0.15, 0.2) is 0 Å². The molecule has 3 heteroatoms. The Kier molecular flexibility index (Phi) is 3.19. The summed E-state index contributed by atoms with van der Waals surface area (Å²) in [5, 5.41) is 2.65. The van der Waals surface area contributed by atoms with Gasteiger partial charge in [-0.25, -0.2) is 4.39 Å². The summed E-state index contributed by atoms with van der Waals surface area (Å²) in [6, 6.07) is 13.1. The monoisotopic (exact) mass is 229 g/mol. The van der Waals surface area contributed by atoms with E-state index in [2.05, 4.69) is 5.32 Å². The van der Waals surface area contributed by atoms with Gasteiger partial charge >= 0.3 is 0 Å². The molecule has 0 unspecified atom stereocenters. The highest BCUT2D eigenvalue weighted by molar-refractivity contribution is 6.04. The van der Waals surface area contributed by atoms with E-state index in [-0.39, 0.29) is 11.7 Å². The van der Waals surface area contributed by atoms with Crippen LogP contribution < -0.4 is 5.32 Å². The van der Waals surface area contributed by atoms with Crippen LogP contribution in [0.1, 0.15) is 15.9 Å². The fourth-order valence-electron chi connectivity index (χ4n) is 1.56. The van der Waals surface area contributed by atoms with Gasteiger partial charge in [-0.1, -0.05) is 23.8 Å². The molecular formula is C14H12FNO. The molecule has 0 aliphatic carbocycles. The molecule has 86 valence electrons. The molecular weight excluding hydrogens is 217 g/mol. The first-order chi connectivity index (χ1) is 8.15. The van der Waals surface area contributed by atoms with Crippen LogP contribution in [-0.2, 0) is 0 Å². The Morgan fingerprint density at radius 3 is 2.59 bits per heavy atom. The standard InChI is InChI=1S/C14H12FNO/c1-10-4-2-5-11(8-10)14(17)16-13-7-3-6-12(15)9-13/h2-9H,1H3,(H,16,17). The Bertz CT molecular complexity index is 551. The zero-order chi connectivity index (χ0) is 12.3. The molecule has 0 heterocycles. The van der Waals surface area contributed by atoms with E-state index in [1.54, 1.807) is 24.3 Å². The second-order valence-electron chi connectivity index (χ2n) is 3.83. The number of anilines is 1. The van der Waals surface area contributed by atoms with Crippen LogP contribution in [0.25, 0.3) is 0 Å². The number of benzene rings is 2. The SMILES string of the molecule is Cc1cccc(C(=O)Nc2cccc(F)c2)c1. The number of aryl methyl sites for hydroxylation is 1. The molecule has 2 aromatic rings. The van der Waals surface area contributed by atoms with Gasteiger partial charge in [-0.3, -0.25) is 4.79 Å². The second kappa shape index (κ2) is 4.78. The van der Waals surface area contributed by atoms with Crippen molar-refractivity contribution in [3.63, 3.8) is 0 Å². The maximum Gasteiger partial charge on any atom is 0.255 e. The molecule has 0 aliphatic rings. The van der Waals surface area contributed by atoms with Crippen molar-refractivity contribution in [3.05, 3.63) is 65.5 Å². The molecule has 0 aromatic heterocycles. The lowest BCUT2D eigenvalue weighted by atomic mass is 10.1. The first-order valence-corrected chi connectivity index (χ1v) is 5.29. The Morgan fingerprint density at radius 2 is 1.88 bits per heavy atom. The van der Waals surface area contributed by atoms with Crippen molar-refractivity contribution in [3.8, 4) is 0 Å². The lowest BCUT2D eigenvalue weighted by molar-refractivity contribution is 0.102. The minimum atomic E-state index is -0.368. The van der Waals surface area contributed by atoms with Crippen LogP contribution in [0, 0.1) is 12.7 Å². The molecule has 0 bridgehead atoms. The summed E-state index contributed by atoms with van der Waals surface area (Å²) in [7, 11) is 0. The lowest BCUT2D eigenvalue weighted by Gasteiger charge is -2.05. The van der Waals surface area contributed by atoms with E-state index in [4.69, 9.17) is 0 Å². The van der Waals surface area contributed by atoms with Crippen LogP contribution in [0.5, 0.6) is 0 Å². The summed E-state index contributed by atoms with van der Waals surface area (Å²) in [6.45, 7) is 1.92. The normalized spacial score (nSPS) is 10.0. The predicted molar refractivity (Wildman–Crippen MR) is 65.5 cm³/mol. The quantitative estimate of drug-likeness (QED) is 0.840. The minimum absolute atomic E-state index is 0.237. The van der Waals surface area contributed by atoms with E-state index in [0.717, 1.165) is 5.56 Å². The fourth-order valence-corrected chi connectivity index (χ4v) is 1.56. The van der Waals surface area contributed by atoms with E-state index in [1.165, 1.54) is 12.1 Å².